The molecule has 0 amide bonds. The summed E-state index contributed by atoms with van der Waals surface area (Å²) in [6.07, 6.45) is 3.64. The normalized spacial score (nSPS) is 24.2. The van der Waals surface area contributed by atoms with Crippen molar-refractivity contribution in [3.8, 4) is 0 Å². The molecule has 5 nitrogen and oxygen atoms in total. The van der Waals surface area contributed by atoms with Crippen LogP contribution in [-0.4, -0.2) is 32.0 Å². The summed E-state index contributed by atoms with van der Waals surface area (Å²) in [5, 5.41) is 2.22. The number of anilines is 1. The molecule has 0 aromatic carbocycles. The van der Waals surface area contributed by atoms with E-state index in [-0.39, 0.29) is 0 Å². The second-order valence-electron chi connectivity index (χ2n) is 5.23. The zero-order valence-corrected chi connectivity index (χ0v) is 12.5. The average molecular weight is 279 g/mol. The van der Waals surface area contributed by atoms with E-state index in [9.17, 15) is 0 Å². The highest BCUT2D eigenvalue weighted by Crippen LogP contribution is 2.22. The molecule has 104 valence electrons. The van der Waals surface area contributed by atoms with Gasteiger partial charge in [0.15, 0.2) is 0 Å². The molecule has 1 aliphatic rings. The number of nitrogens with zero attached hydrogens (tertiary/aromatic N) is 3. The Bertz CT molecular complexity index is 466. The molecular weight excluding hydrogens is 258 g/mol. The number of thiocarbonyl (C=S) groups is 1. The quantitative estimate of drug-likeness (QED) is 0.825. The van der Waals surface area contributed by atoms with Crippen molar-refractivity contribution in [2.24, 2.45) is 5.73 Å². The Morgan fingerprint density at radius 1 is 1.37 bits per heavy atom. The second-order valence-corrected chi connectivity index (χ2v) is 5.67. The van der Waals surface area contributed by atoms with Crippen LogP contribution in [-0.2, 0) is 0 Å². The van der Waals surface area contributed by atoms with E-state index >= 15 is 0 Å². The SMILES string of the molecule is Cc1cc(C(N)=S)nc(NN2C(C)CCCC2C)n1. The molecule has 0 aliphatic carbocycles. The van der Waals surface area contributed by atoms with E-state index < -0.39 is 0 Å². The summed E-state index contributed by atoms with van der Waals surface area (Å²) in [6.45, 7) is 6.34. The molecule has 1 saturated heterocycles. The van der Waals surface area contributed by atoms with E-state index in [0.29, 0.717) is 28.7 Å². The topological polar surface area (TPSA) is 67.1 Å². The molecular formula is C13H21N5S. The lowest BCUT2D eigenvalue weighted by molar-refractivity contribution is 0.134. The van der Waals surface area contributed by atoms with Crippen molar-refractivity contribution >= 4 is 23.2 Å². The van der Waals surface area contributed by atoms with Crippen molar-refractivity contribution in [1.82, 2.24) is 15.0 Å². The maximum absolute atomic E-state index is 5.64. The zero-order chi connectivity index (χ0) is 14.0. The lowest BCUT2D eigenvalue weighted by Crippen LogP contribution is -2.47. The van der Waals surface area contributed by atoms with Crippen LogP contribution in [0.1, 0.15) is 44.5 Å². The van der Waals surface area contributed by atoms with Gasteiger partial charge in [-0.15, -0.1) is 0 Å². The fraction of sp³-hybridized carbons (Fsp3) is 0.615. The van der Waals surface area contributed by atoms with Crippen molar-refractivity contribution < 1.29 is 0 Å². The Balaban J connectivity index is 2.20. The van der Waals surface area contributed by atoms with Gasteiger partial charge in [0, 0.05) is 17.8 Å². The first-order valence-electron chi connectivity index (χ1n) is 6.68. The summed E-state index contributed by atoms with van der Waals surface area (Å²) < 4.78 is 0. The first kappa shape index (κ1) is 14.1. The lowest BCUT2D eigenvalue weighted by atomic mass is 10.00. The smallest absolute Gasteiger partial charge is 0.238 e. The number of aromatic nitrogens is 2. The maximum Gasteiger partial charge on any atom is 0.238 e. The number of nitrogens with two attached hydrogens (primary N) is 1. The van der Waals surface area contributed by atoms with Crippen LogP contribution < -0.4 is 11.2 Å². The van der Waals surface area contributed by atoms with Crippen LogP contribution in [0.25, 0.3) is 0 Å². The van der Waals surface area contributed by atoms with E-state index in [1.165, 1.54) is 19.3 Å². The molecule has 2 rings (SSSR count). The van der Waals surface area contributed by atoms with Gasteiger partial charge in [-0.25, -0.2) is 15.0 Å². The van der Waals surface area contributed by atoms with E-state index in [4.69, 9.17) is 18.0 Å². The van der Waals surface area contributed by atoms with Crippen LogP contribution in [0.5, 0.6) is 0 Å². The first-order valence-corrected chi connectivity index (χ1v) is 7.08. The minimum absolute atomic E-state index is 0.299. The molecule has 1 aromatic rings. The number of nitrogens with one attached hydrogen (secondary N) is 1. The molecule has 1 fully saturated rings. The third-order valence-corrected chi connectivity index (χ3v) is 3.74. The van der Waals surface area contributed by atoms with Gasteiger partial charge in [-0.2, -0.15) is 0 Å². The molecule has 19 heavy (non-hydrogen) atoms. The highest BCUT2D eigenvalue weighted by molar-refractivity contribution is 7.80. The molecule has 0 radical (unpaired) electrons. The number of hydrazine groups is 1. The van der Waals surface area contributed by atoms with Gasteiger partial charge >= 0.3 is 0 Å². The van der Waals surface area contributed by atoms with Gasteiger partial charge in [0.05, 0.1) is 0 Å². The predicted molar refractivity (Wildman–Crippen MR) is 80.9 cm³/mol. The van der Waals surface area contributed by atoms with Crippen LogP contribution in [0.2, 0.25) is 0 Å². The van der Waals surface area contributed by atoms with Gasteiger partial charge in [-0.1, -0.05) is 18.6 Å². The molecule has 1 aromatic heterocycles. The van der Waals surface area contributed by atoms with Crippen LogP contribution >= 0.6 is 12.2 Å². The summed E-state index contributed by atoms with van der Waals surface area (Å²) in [4.78, 5) is 9.07. The minimum atomic E-state index is 0.299. The summed E-state index contributed by atoms with van der Waals surface area (Å²) in [5.74, 6) is 0.573. The van der Waals surface area contributed by atoms with Crippen molar-refractivity contribution in [1.29, 1.82) is 0 Å². The Labute approximate surface area is 119 Å². The molecule has 0 spiro atoms. The van der Waals surface area contributed by atoms with Crippen LogP contribution in [0.4, 0.5) is 5.95 Å². The second kappa shape index (κ2) is 5.79. The molecule has 2 heterocycles. The third-order valence-electron chi connectivity index (χ3n) is 3.53. The first-order chi connectivity index (χ1) is 8.97. The fourth-order valence-electron chi connectivity index (χ4n) is 2.50. The van der Waals surface area contributed by atoms with Crippen LogP contribution in [0.3, 0.4) is 0 Å². The molecule has 2 unspecified atom stereocenters. The van der Waals surface area contributed by atoms with E-state index in [0.717, 1.165) is 5.69 Å². The summed E-state index contributed by atoms with van der Waals surface area (Å²) in [5.41, 5.74) is 10.4. The van der Waals surface area contributed by atoms with E-state index in [1.54, 1.807) is 6.07 Å². The lowest BCUT2D eigenvalue weighted by Gasteiger charge is -2.38. The van der Waals surface area contributed by atoms with Gasteiger partial charge in [-0.3, -0.25) is 5.43 Å². The maximum atomic E-state index is 5.64. The van der Waals surface area contributed by atoms with Gasteiger partial charge in [0.2, 0.25) is 5.95 Å². The Hall–Kier alpha value is -1.27. The van der Waals surface area contributed by atoms with Gasteiger partial charge < -0.3 is 5.73 Å². The third kappa shape index (κ3) is 3.39. The molecule has 3 N–H and O–H groups in total. The minimum Gasteiger partial charge on any atom is -0.388 e. The highest BCUT2D eigenvalue weighted by Gasteiger charge is 2.25. The largest absolute Gasteiger partial charge is 0.388 e. The summed E-state index contributed by atoms with van der Waals surface area (Å²) >= 11 is 4.98. The van der Waals surface area contributed by atoms with Gasteiger partial charge in [0.25, 0.3) is 0 Å². The number of piperidine rings is 1. The Morgan fingerprint density at radius 3 is 2.58 bits per heavy atom. The average Bonchev–Trinajstić information content (AvgIpc) is 2.33. The fourth-order valence-corrected chi connectivity index (χ4v) is 2.61. The number of hydrogen-bond donors (Lipinski definition) is 2. The molecule has 2 atom stereocenters. The standard InChI is InChI=1S/C13H21N5S/c1-8-7-11(12(14)19)16-13(15-8)17-18-9(2)5-4-6-10(18)3/h7,9-10H,4-6H2,1-3H3,(H2,14,19)(H,15,16,17). The van der Waals surface area contributed by atoms with Gasteiger partial charge in [-0.05, 0) is 39.7 Å². The summed E-state index contributed by atoms with van der Waals surface area (Å²) in [7, 11) is 0. The monoisotopic (exact) mass is 279 g/mol. The zero-order valence-electron chi connectivity index (χ0n) is 11.7. The Morgan fingerprint density at radius 2 is 2.00 bits per heavy atom. The predicted octanol–water partition coefficient (Wildman–Crippen LogP) is 2.01. The van der Waals surface area contributed by atoms with Crippen LogP contribution in [0, 0.1) is 6.92 Å². The molecule has 6 heteroatoms. The number of aryl methyl sites for hydroxylation is 1. The van der Waals surface area contributed by atoms with E-state index in [1.807, 2.05) is 6.92 Å². The molecule has 0 bridgehead atoms. The molecule has 1 aliphatic heterocycles. The van der Waals surface area contributed by atoms with Crippen molar-refractivity contribution in [2.45, 2.75) is 52.1 Å². The van der Waals surface area contributed by atoms with Crippen LogP contribution in [0.15, 0.2) is 6.07 Å². The summed E-state index contributed by atoms with van der Waals surface area (Å²) in [6, 6.07) is 2.75. The number of rotatable bonds is 3. The highest BCUT2D eigenvalue weighted by atomic mass is 32.1. The molecule has 0 saturated carbocycles. The van der Waals surface area contributed by atoms with Crippen molar-refractivity contribution in [2.75, 3.05) is 5.43 Å². The van der Waals surface area contributed by atoms with Gasteiger partial charge in [0.1, 0.15) is 10.7 Å². The van der Waals surface area contributed by atoms with E-state index in [2.05, 4.69) is 34.3 Å². The van der Waals surface area contributed by atoms with Crippen molar-refractivity contribution in [3.63, 3.8) is 0 Å². The number of hydrogen-bond acceptors (Lipinski definition) is 5. The van der Waals surface area contributed by atoms with Crippen molar-refractivity contribution in [3.05, 3.63) is 17.5 Å². The Kier molecular flexibility index (Phi) is 4.31.